The van der Waals surface area contributed by atoms with Gasteiger partial charge in [-0.3, -0.25) is 9.59 Å². The number of benzene rings is 1. The summed E-state index contributed by atoms with van der Waals surface area (Å²) in [5, 5.41) is 13.0. The third-order valence-corrected chi connectivity index (χ3v) is 5.15. The summed E-state index contributed by atoms with van der Waals surface area (Å²) in [7, 11) is 0. The van der Waals surface area contributed by atoms with E-state index in [1.54, 1.807) is 6.07 Å². The molecule has 1 unspecified atom stereocenters. The number of nitrogens with one attached hydrogen (secondary N) is 1. The van der Waals surface area contributed by atoms with Crippen molar-refractivity contribution >= 4 is 17.5 Å². The SMILES string of the molecule is CC(C)(C)c1ccc(O)c(NC(=O)C2CCCN(C(=O)C3CC3)C2)c1. The highest BCUT2D eigenvalue weighted by atomic mass is 16.3. The summed E-state index contributed by atoms with van der Waals surface area (Å²) in [5.41, 5.74) is 1.43. The van der Waals surface area contributed by atoms with E-state index in [4.69, 9.17) is 0 Å². The number of hydrogen-bond donors (Lipinski definition) is 2. The predicted octanol–water partition coefficient (Wildman–Crippen LogP) is 3.28. The molecule has 5 nitrogen and oxygen atoms in total. The molecule has 25 heavy (non-hydrogen) atoms. The number of phenols is 1. The van der Waals surface area contributed by atoms with Crippen LogP contribution in [0.25, 0.3) is 0 Å². The number of piperidine rings is 1. The van der Waals surface area contributed by atoms with Crippen molar-refractivity contribution in [1.29, 1.82) is 0 Å². The Morgan fingerprint density at radius 1 is 1.16 bits per heavy atom. The van der Waals surface area contributed by atoms with Crippen molar-refractivity contribution in [2.75, 3.05) is 18.4 Å². The zero-order chi connectivity index (χ0) is 18.2. The molecular weight excluding hydrogens is 316 g/mol. The second-order valence-electron chi connectivity index (χ2n) is 8.37. The Morgan fingerprint density at radius 3 is 2.52 bits per heavy atom. The third-order valence-electron chi connectivity index (χ3n) is 5.15. The Hall–Kier alpha value is -2.04. The number of amides is 2. The molecule has 1 atom stereocenters. The zero-order valence-corrected chi connectivity index (χ0v) is 15.3. The van der Waals surface area contributed by atoms with Crippen LogP contribution in [0.1, 0.15) is 52.0 Å². The number of rotatable bonds is 3. The molecule has 0 radical (unpaired) electrons. The van der Waals surface area contributed by atoms with Crippen LogP contribution in [0, 0.1) is 11.8 Å². The van der Waals surface area contributed by atoms with E-state index in [0.29, 0.717) is 12.2 Å². The third kappa shape index (κ3) is 4.14. The summed E-state index contributed by atoms with van der Waals surface area (Å²) in [6.07, 6.45) is 3.60. The molecule has 1 heterocycles. The zero-order valence-electron chi connectivity index (χ0n) is 15.3. The largest absolute Gasteiger partial charge is 0.506 e. The summed E-state index contributed by atoms with van der Waals surface area (Å²) < 4.78 is 0. The van der Waals surface area contributed by atoms with Crippen LogP contribution in [0.2, 0.25) is 0 Å². The molecule has 0 aromatic heterocycles. The van der Waals surface area contributed by atoms with Gasteiger partial charge in [-0.25, -0.2) is 0 Å². The van der Waals surface area contributed by atoms with Gasteiger partial charge in [0.05, 0.1) is 11.6 Å². The molecule has 1 saturated heterocycles. The van der Waals surface area contributed by atoms with Gasteiger partial charge in [0.1, 0.15) is 5.75 Å². The summed E-state index contributed by atoms with van der Waals surface area (Å²) in [6, 6.07) is 5.34. The predicted molar refractivity (Wildman–Crippen MR) is 97.5 cm³/mol. The smallest absolute Gasteiger partial charge is 0.229 e. The van der Waals surface area contributed by atoms with Crippen LogP contribution in [0.3, 0.4) is 0 Å². The maximum atomic E-state index is 12.7. The lowest BCUT2D eigenvalue weighted by molar-refractivity contribution is -0.135. The van der Waals surface area contributed by atoms with Crippen LogP contribution in [0.5, 0.6) is 5.75 Å². The molecule has 1 aliphatic carbocycles. The average molecular weight is 344 g/mol. The highest BCUT2D eigenvalue weighted by molar-refractivity contribution is 5.94. The molecule has 3 rings (SSSR count). The second-order valence-corrected chi connectivity index (χ2v) is 8.37. The van der Waals surface area contributed by atoms with Gasteiger partial charge in [-0.2, -0.15) is 0 Å². The van der Waals surface area contributed by atoms with E-state index in [2.05, 4.69) is 26.1 Å². The van der Waals surface area contributed by atoms with Crippen LogP contribution in [-0.4, -0.2) is 34.9 Å². The highest BCUT2D eigenvalue weighted by Gasteiger charge is 2.36. The summed E-state index contributed by atoms with van der Waals surface area (Å²) in [6.45, 7) is 7.51. The van der Waals surface area contributed by atoms with Crippen LogP contribution >= 0.6 is 0 Å². The molecule has 5 heteroatoms. The molecule has 2 N–H and O–H groups in total. The molecule has 2 aliphatic rings. The second kappa shape index (κ2) is 6.70. The minimum atomic E-state index is -0.214. The van der Waals surface area contributed by atoms with E-state index in [9.17, 15) is 14.7 Å². The molecule has 2 amide bonds. The molecule has 0 bridgehead atoms. The summed E-state index contributed by atoms with van der Waals surface area (Å²) in [4.78, 5) is 26.8. The maximum Gasteiger partial charge on any atom is 0.229 e. The molecule has 1 aromatic carbocycles. The van der Waals surface area contributed by atoms with E-state index in [1.165, 1.54) is 0 Å². The first kappa shape index (κ1) is 17.8. The van der Waals surface area contributed by atoms with Gasteiger partial charge in [-0.1, -0.05) is 26.8 Å². The fourth-order valence-corrected chi connectivity index (χ4v) is 3.32. The van der Waals surface area contributed by atoms with Crippen molar-refractivity contribution < 1.29 is 14.7 Å². The van der Waals surface area contributed by atoms with E-state index in [1.807, 2.05) is 17.0 Å². The lowest BCUT2D eigenvalue weighted by Gasteiger charge is -2.32. The topological polar surface area (TPSA) is 69.6 Å². The number of carbonyl (C=O) groups excluding carboxylic acids is 2. The van der Waals surface area contributed by atoms with Crippen LogP contribution < -0.4 is 5.32 Å². The highest BCUT2D eigenvalue weighted by Crippen LogP contribution is 2.34. The van der Waals surface area contributed by atoms with Crippen molar-refractivity contribution in [1.82, 2.24) is 4.90 Å². The van der Waals surface area contributed by atoms with Gasteiger partial charge < -0.3 is 15.3 Å². The Bertz CT molecular complexity index is 674. The quantitative estimate of drug-likeness (QED) is 0.827. The van der Waals surface area contributed by atoms with E-state index >= 15 is 0 Å². The molecule has 136 valence electrons. The van der Waals surface area contributed by atoms with Crippen molar-refractivity contribution in [3.8, 4) is 5.75 Å². The average Bonchev–Trinajstić information content (AvgIpc) is 3.40. The van der Waals surface area contributed by atoms with E-state index < -0.39 is 0 Å². The Morgan fingerprint density at radius 2 is 1.88 bits per heavy atom. The van der Waals surface area contributed by atoms with Crippen LogP contribution in [-0.2, 0) is 15.0 Å². The first-order valence-corrected chi connectivity index (χ1v) is 9.19. The fourth-order valence-electron chi connectivity index (χ4n) is 3.32. The Kier molecular flexibility index (Phi) is 4.76. The molecular formula is C20H28N2O3. The normalized spacial score (nSPS) is 21.1. The van der Waals surface area contributed by atoms with Gasteiger partial charge in [-0.05, 0) is 48.8 Å². The van der Waals surface area contributed by atoms with Crippen molar-refractivity contribution in [3.05, 3.63) is 23.8 Å². The summed E-state index contributed by atoms with van der Waals surface area (Å²) >= 11 is 0. The Labute approximate surface area is 149 Å². The Balaban J connectivity index is 1.68. The lowest BCUT2D eigenvalue weighted by atomic mass is 9.86. The van der Waals surface area contributed by atoms with Gasteiger partial charge in [-0.15, -0.1) is 0 Å². The number of hydrogen-bond acceptors (Lipinski definition) is 3. The number of aromatic hydroxyl groups is 1. The minimum Gasteiger partial charge on any atom is -0.506 e. The van der Waals surface area contributed by atoms with Gasteiger partial charge in [0, 0.05) is 19.0 Å². The first-order chi connectivity index (χ1) is 11.8. The first-order valence-electron chi connectivity index (χ1n) is 9.19. The van der Waals surface area contributed by atoms with Crippen LogP contribution in [0.4, 0.5) is 5.69 Å². The lowest BCUT2D eigenvalue weighted by Crippen LogP contribution is -2.44. The number of nitrogens with zero attached hydrogens (tertiary/aromatic N) is 1. The number of likely N-dealkylation sites (tertiary alicyclic amines) is 1. The number of phenolic OH excluding ortho intramolecular Hbond substituents is 1. The van der Waals surface area contributed by atoms with Gasteiger partial charge in [0.25, 0.3) is 0 Å². The van der Waals surface area contributed by atoms with Crippen molar-refractivity contribution in [2.45, 2.75) is 51.9 Å². The van der Waals surface area contributed by atoms with Gasteiger partial charge >= 0.3 is 0 Å². The fraction of sp³-hybridized carbons (Fsp3) is 0.600. The van der Waals surface area contributed by atoms with Crippen LogP contribution in [0.15, 0.2) is 18.2 Å². The number of anilines is 1. The monoisotopic (exact) mass is 344 g/mol. The number of carbonyl (C=O) groups is 2. The van der Waals surface area contributed by atoms with E-state index in [-0.39, 0.29) is 34.8 Å². The maximum absolute atomic E-state index is 12.7. The molecule has 1 aliphatic heterocycles. The molecule has 0 spiro atoms. The minimum absolute atomic E-state index is 0.0640. The van der Waals surface area contributed by atoms with Gasteiger partial charge in [0.2, 0.25) is 11.8 Å². The van der Waals surface area contributed by atoms with E-state index in [0.717, 1.165) is 37.8 Å². The molecule has 2 fully saturated rings. The molecule has 1 aromatic rings. The molecule has 1 saturated carbocycles. The van der Waals surface area contributed by atoms with Crippen molar-refractivity contribution in [2.24, 2.45) is 11.8 Å². The van der Waals surface area contributed by atoms with Gasteiger partial charge in [0.15, 0.2) is 0 Å². The van der Waals surface area contributed by atoms with Crippen molar-refractivity contribution in [3.63, 3.8) is 0 Å². The summed E-state index contributed by atoms with van der Waals surface area (Å²) in [5.74, 6) is 0.135. The standard InChI is InChI=1S/C20H28N2O3/c1-20(2,3)15-8-9-17(23)16(11-15)21-18(24)14-5-4-10-22(12-14)19(25)13-6-7-13/h8-9,11,13-14,23H,4-7,10,12H2,1-3H3,(H,21,24).